The van der Waals surface area contributed by atoms with Crippen molar-refractivity contribution in [2.24, 2.45) is 5.92 Å². The van der Waals surface area contributed by atoms with Crippen molar-refractivity contribution >= 4 is 23.4 Å². The third kappa shape index (κ3) is 4.74. The largest absolute Gasteiger partial charge is 0.324 e. The molecule has 0 bridgehead atoms. The molecular formula is C23H32N6O2. The van der Waals surface area contributed by atoms with E-state index in [1.165, 1.54) is 0 Å². The monoisotopic (exact) mass is 424 g/mol. The Morgan fingerprint density at radius 2 is 1.94 bits per heavy atom. The van der Waals surface area contributed by atoms with E-state index in [-0.39, 0.29) is 29.3 Å². The summed E-state index contributed by atoms with van der Waals surface area (Å²) in [5.41, 5.74) is 2.41. The van der Waals surface area contributed by atoms with Crippen molar-refractivity contribution in [2.45, 2.75) is 71.1 Å². The number of aryl methyl sites for hydroxylation is 1. The summed E-state index contributed by atoms with van der Waals surface area (Å²) in [6, 6.07) is 9.27. The zero-order valence-electron chi connectivity index (χ0n) is 18.7. The molecule has 0 spiro atoms. The molecule has 2 aliphatic rings. The Morgan fingerprint density at radius 3 is 2.68 bits per heavy atom. The first-order valence-corrected chi connectivity index (χ1v) is 11.0. The van der Waals surface area contributed by atoms with Gasteiger partial charge in [-0.15, -0.1) is 0 Å². The molecule has 2 aromatic rings. The van der Waals surface area contributed by atoms with Gasteiger partial charge < -0.3 is 10.6 Å². The number of fused-ring (bicyclic) bond motifs is 1. The topological polar surface area (TPSA) is 100 Å². The van der Waals surface area contributed by atoms with E-state index in [0.29, 0.717) is 11.5 Å². The minimum Gasteiger partial charge on any atom is -0.322 e. The van der Waals surface area contributed by atoms with E-state index in [2.05, 4.69) is 42.0 Å². The van der Waals surface area contributed by atoms with Gasteiger partial charge in [-0.1, -0.05) is 45.7 Å². The zero-order chi connectivity index (χ0) is 22.2. The van der Waals surface area contributed by atoms with Crippen molar-refractivity contribution < 1.29 is 9.59 Å². The van der Waals surface area contributed by atoms with Crippen LogP contribution in [0.4, 0.5) is 16.3 Å². The molecule has 1 saturated heterocycles. The van der Waals surface area contributed by atoms with Gasteiger partial charge in [-0.2, -0.15) is 5.10 Å². The quantitative estimate of drug-likeness (QED) is 0.601. The maximum absolute atomic E-state index is 12.7. The van der Waals surface area contributed by atoms with Gasteiger partial charge in [0.25, 0.3) is 0 Å². The summed E-state index contributed by atoms with van der Waals surface area (Å²) in [7, 11) is 0. The maximum atomic E-state index is 12.7. The van der Waals surface area contributed by atoms with Gasteiger partial charge in [0, 0.05) is 23.2 Å². The van der Waals surface area contributed by atoms with Crippen molar-refractivity contribution in [3.8, 4) is 0 Å². The third-order valence-corrected chi connectivity index (χ3v) is 6.02. The van der Waals surface area contributed by atoms with E-state index in [9.17, 15) is 9.59 Å². The fourth-order valence-corrected chi connectivity index (χ4v) is 4.31. The summed E-state index contributed by atoms with van der Waals surface area (Å²) in [5.74, 6) is 0.585. The van der Waals surface area contributed by atoms with Crippen LogP contribution in [0.1, 0.15) is 64.0 Å². The summed E-state index contributed by atoms with van der Waals surface area (Å²) < 4.78 is 1.68. The lowest BCUT2D eigenvalue weighted by atomic mass is 9.83. The molecule has 3 amide bonds. The zero-order valence-corrected chi connectivity index (χ0v) is 18.7. The minimum atomic E-state index is -0.503. The number of nitrogens with one attached hydrogen (secondary N) is 4. The summed E-state index contributed by atoms with van der Waals surface area (Å²) >= 11 is 0. The van der Waals surface area contributed by atoms with Gasteiger partial charge >= 0.3 is 6.03 Å². The van der Waals surface area contributed by atoms with Gasteiger partial charge in [0.2, 0.25) is 5.91 Å². The maximum Gasteiger partial charge on any atom is 0.324 e. The molecule has 8 nitrogen and oxygen atoms in total. The summed E-state index contributed by atoms with van der Waals surface area (Å²) in [6.07, 6.45) is 3.58. The smallest absolute Gasteiger partial charge is 0.322 e. The van der Waals surface area contributed by atoms with Crippen LogP contribution in [0.25, 0.3) is 0 Å². The number of carbonyl (C=O) groups is 2. The Hall–Kier alpha value is -2.87. The van der Waals surface area contributed by atoms with Crippen molar-refractivity contribution in [1.29, 1.82) is 0 Å². The first-order chi connectivity index (χ1) is 14.7. The molecule has 166 valence electrons. The molecule has 2 fully saturated rings. The lowest BCUT2D eigenvalue weighted by molar-refractivity contribution is -0.132. The molecule has 1 aliphatic carbocycles. The number of urea groups is 1. The second-order valence-corrected chi connectivity index (χ2v) is 9.63. The van der Waals surface area contributed by atoms with Crippen molar-refractivity contribution in [1.82, 2.24) is 20.4 Å². The molecule has 0 radical (unpaired) electrons. The van der Waals surface area contributed by atoms with Crippen LogP contribution in [0, 0.1) is 12.8 Å². The second kappa shape index (κ2) is 8.34. The molecule has 1 aromatic heterocycles. The molecule has 31 heavy (non-hydrogen) atoms. The van der Waals surface area contributed by atoms with E-state index in [1.807, 2.05) is 37.3 Å². The predicted molar refractivity (Wildman–Crippen MR) is 121 cm³/mol. The number of anilines is 2. The third-order valence-electron chi connectivity index (χ3n) is 6.02. The average Bonchev–Trinajstić information content (AvgIpc) is 3.12. The van der Waals surface area contributed by atoms with Crippen LogP contribution in [0.5, 0.6) is 0 Å². The van der Waals surface area contributed by atoms with Crippen molar-refractivity contribution in [3.63, 3.8) is 0 Å². The highest BCUT2D eigenvalue weighted by Gasteiger charge is 2.39. The van der Waals surface area contributed by atoms with Gasteiger partial charge in [-0.05, 0) is 37.5 Å². The van der Waals surface area contributed by atoms with Crippen LogP contribution in [-0.4, -0.2) is 27.8 Å². The SMILES string of the molecule is Cc1cccc(NC(=O)Nc2cc(C(C)(C)C)nn2C2NC(=O)C3CCCCC3N2)c1. The van der Waals surface area contributed by atoms with Gasteiger partial charge in [0.05, 0.1) is 11.6 Å². The molecule has 2 heterocycles. The van der Waals surface area contributed by atoms with Crippen LogP contribution < -0.4 is 21.3 Å². The number of carbonyl (C=O) groups excluding carboxylic acids is 2. The molecule has 4 rings (SSSR count). The molecule has 1 saturated carbocycles. The van der Waals surface area contributed by atoms with Gasteiger partial charge in [0.15, 0.2) is 6.29 Å². The van der Waals surface area contributed by atoms with Crippen LogP contribution in [0.2, 0.25) is 0 Å². The van der Waals surface area contributed by atoms with Crippen molar-refractivity contribution in [2.75, 3.05) is 10.6 Å². The summed E-state index contributed by atoms with van der Waals surface area (Å²) in [4.78, 5) is 25.4. The van der Waals surface area contributed by atoms with E-state index in [1.54, 1.807) is 4.68 Å². The van der Waals surface area contributed by atoms with E-state index in [4.69, 9.17) is 5.10 Å². The highest BCUT2D eigenvalue weighted by Crippen LogP contribution is 2.31. The van der Waals surface area contributed by atoms with Crippen LogP contribution in [0.3, 0.4) is 0 Å². The van der Waals surface area contributed by atoms with Crippen LogP contribution in [-0.2, 0) is 10.2 Å². The average molecular weight is 425 g/mol. The van der Waals surface area contributed by atoms with Crippen LogP contribution in [0.15, 0.2) is 30.3 Å². The Bertz CT molecular complexity index is 977. The fourth-order valence-electron chi connectivity index (χ4n) is 4.31. The number of hydrogen-bond acceptors (Lipinski definition) is 4. The molecule has 8 heteroatoms. The van der Waals surface area contributed by atoms with Gasteiger partial charge in [-0.3, -0.25) is 15.4 Å². The highest BCUT2D eigenvalue weighted by atomic mass is 16.2. The van der Waals surface area contributed by atoms with Gasteiger partial charge in [0.1, 0.15) is 5.82 Å². The normalized spacial score (nSPS) is 23.6. The Balaban J connectivity index is 1.57. The molecule has 1 aliphatic heterocycles. The first-order valence-electron chi connectivity index (χ1n) is 11.0. The number of rotatable bonds is 3. The van der Waals surface area contributed by atoms with E-state index >= 15 is 0 Å². The molecular weight excluding hydrogens is 392 g/mol. The predicted octanol–water partition coefficient (Wildman–Crippen LogP) is 3.87. The first kappa shape index (κ1) is 21.4. The Morgan fingerprint density at radius 1 is 1.16 bits per heavy atom. The number of hydrogen-bond donors (Lipinski definition) is 4. The number of amides is 3. The minimum absolute atomic E-state index is 0.00340. The lowest BCUT2D eigenvalue weighted by Crippen LogP contribution is -2.59. The molecule has 3 atom stereocenters. The highest BCUT2D eigenvalue weighted by molar-refractivity contribution is 5.99. The standard InChI is InChI=1S/C23H32N6O2/c1-14-8-7-9-15(12-14)24-22(31)26-19-13-18(23(2,3)4)28-29(19)21-25-17-11-6-5-10-16(17)20(30)27-21/h7-9,12-13,16-17,21,25H,5-6,10-11H2,1-4H3,(H,27,30)(H2,24,26,31). The number of aromatic nitrogens is 2. The van der Waals surface area contributed by atoms with Gasteiger partial charge in [-0.25, -0.2) is 9.48 Å². The molecule has 1 aromatic carbocycles. The summed E-state index contributed by atoms with van der Waals surface area (Å²) in [5, 5.41) is 17.1. The Labute approximate surface area is 183 Å². The van der Waals surface area contributed by atoms with E-state index < -0.39 is 6.29 Å². The van der Waals surface area contributed by atoms with E-state index in [0.717, 1.165) is 36.9 Å². The Kier molecular flexibility index (Phi) is 5.75. The lowest BCUT2D eigenvalue weighted by Gasteiger charge is -2.40. The molecule has 3 unspecified atom stereocenters. The number of nitrogens with zero attached hydrogens (tertiary/aromatic N) is 2. The molecule has 4 N–H and O–H groups in total. The van der Waals surface area contributed by atoms with Crippen molar-refractivity contribution in [3.05, 3.63) is 41.6 Å². The second-order valence-electron chi connectivity index (χ2n) is 9.63. The summed E-state index contributed by atoms with van der Waals surface area (Å²) in [6.45, 7) is 8.19. The number of benzene rings is 1. The van der Waals surface area contributed by atoms with Crippen LogP contribution >= 0.6 is 0 Å². The fraction of sp³-hybridized carbons (Fsp3) is 0.522.